The van der Waals surface area contributed by atoms with Crippen molar-refractivity contribution in [2.75, 3.05) is 13.6 Å². The summed E-state index contributed by atoms with van der Waals surface area (Å²) in [6, 6.07) is 0. The maximum absolute atomic E-state index is 10.9. The second-order valence-corrected chi connectivity index (χ2v) is 2.39. The van der Waals surface area contributed by atoms with Gasteiger partial charge in [-0.1, -0.05) is 20.8 Å². The first-order valence-electron chi connectivity index (χ1n) is 4.53. The van der Waals surface area contributed by atoms with E-state index in [-0.39, 0.29) is 12.5 Å². The summed E-state index contributed by atoms with van der Waals surface area (Å²) >= 11 is 0. The van der Waals surface area contributed by atoms with Crippen molar-refractivity contribution in [2.45, 2.75) is 33.6 Å². The maximum Gasteiger partial charge on any atom is 0.323 e. The molecule has 0 saturated heterocycles. The summed E-state index contributed by atoms with van der Waals surface area (Å²) in [5, 5.41) is 8.31. The van der Waals surface area contributed by atoms with Gasteiger partial charge in [-0.3, -0.25) is 9.59 Å². The molecule has 0 fully saturated rings. The zero-order chi connectivity index (χ0) is 10.9. The highest BCUT2D eigenvalue weighted by molar-refractivity contribution is 5.80. The average Bonchev–Trinajstić information content (AvgIpc) is 2.07. The van der Waals surface area contributed by atoms with Crippen LogP contribution in [0, 0.1) is 0 Å². The number of amides is 1. The number of rotatable bonds is 4. The Hall–Kier alpha value is -1.06. The molecule has 0 aliphatic rings. The minimum atomic E-state index is -0.975. The van der Waals surface area contributed by atoms with E-state index in [1.165, 1.54) is 11.9 Å². The monoisotopic (exact) mass is 189 g/mol. The lowest BCUT2D eigenvalue weighted by atomic mass is 10.3. The molecule has 0 unspecified atom stereocenters. The van der Waals surface area contributed by atoms with Gasteiger partial charge in [-0.15, -0.1) is 0 Å². The van der Waals surface area contributed by atoms with Crippen LogP contribution in [-0.4, -0.2) is 35.5 Å². The van der Waals surface area contributed by atoms with E-state index in [4.69, 9.17) is 5.11 Å². The van der Waals surface area contributed by atoms with Crippen molar-refractivity contribution in [3.8, 4) is 0 Å². The third kappa shape index (κ3) is 8.85. The van der Waals surface area contributed by atoms with Crippen LogP contribution in [-0.2, 0) is 9.59 Å². The molecule has 1 N–H and O–H groups in total. The molecule has 0 saturated carbocycles. The molecule has 0 aromatic heterocycles. The summed E-state index contributed by atoms with van der Waals surface area (Å²) in [5.74, 6) is -1.09. The van der Waals surface area contributed by atoms with Crippen LogP contribution in [0.3, 0.4) is 0 Å². The Morgan fingerprint density at radius 2 is 1.77 bits per heavy atom. The fourth-order valence-electron chi connectivity index (χ4n) is 0.696. The van der Waals surface area contributed by atoms with Gasteiger partial charge in [-0.25, -0.2) is 0 Å². The second-order valence-electron chi connectivity index (χ2n) is 2.39. The lowest BCUT2D eigenvalue weighted by Gasteiger charge is -2.13. The predicted molar refractivity (Wildman–Crippen MR) is 51.5 cm³/mol. The lowest BCUT2D eigenvalue weighted by Crippen LogP contribution is -2.31. The Bertz CT molecular complexity index is 157. The van der Waals surface area contributed by atoms with E-state index in [1.54, 1.807) is 0 Å². The van der Waals surface area contributed by atoms with E-state index in [9.17, 15) is 9.59 Å². The number of aliphatic carboxylic acids is 1. The topological polar surface area (TPSA) is 57.6 Å². The van der Waals surface area contributed by atoms with Gasteiger partial charge < -0.3 is 10.0 Å². The minimum Gasteiger partial charge on any atom is -0.480 e. The molecule has 1 amide bonds. The average molecular weight is 189 g/mol. The smallest absolute Gasteiger partial charge is 0.323 e. The zero-order valence-corrected chi connectivity index (χ0v) is 8.83. The van der Waals surface area contributed by atoms with Crippen LogP contribution < -0.4 is 0 Å². The van der Waals surface area contributed by atoms with Gasteiger partial charge in [0.1, 0.15) is 6.54 Å². The first-order valence-corrected chi connectivity index (χ1v) is 4.53. The molecule has 0 heterocycles. The van der Waals surface area contributed by atoms with E-state index in [2.05, 4.69) is 0 Å². The Labute approximate surface area is 79.5 Å². The molecule has 4 heteroatoms. The fourth-order valence-corrected chi connectivity index (χ4v) is 0.696. The van der Waals surface area contributed by atoms with Crippen LogP contribution in [0.15, 0.2) is 0 Å². The molecule has 0 aliphatic carbocycles. The SMILES string of the molecule is CC.CCCC(=O)N(C)CC(=O)O. The number of carboxylic acids is 1. The number of hydrogen-bond acceptors (Lipinski definition) is 2. The fraction of sp³-hybridized carbons (Fsp3) is 0.778. The molecule has 78 valence electrons. The van der Waals surface area contributed by atoms with Gasteiger partial charge in [0.25, 0.3) is 0 Å². The Kier molecular flexibility index (Phi) is 10.0. The number of carbonyl (C=O) groups is 2. The number of carbonyl (C=O) groups excluding carboxylic acids is 1. The molecule has 0 aromatic rings. The number of hydrogen-bond donors (Lipinski definition) is 1. The van der Waals surface area contributed by atoms with E-state index >= 15 is 0 Å². The Balaban J connectivity index is 0. The normalized spacial score (nSPS) is 8.31. The first kappa shape index (κ1) is 14.5. The van der Waals surface area contributed by atoms with E-state index < -0.39 is 5.97 Å². The van der Waals surface area contributed by atoms with E-state index in [0.717, 1.165) is 6.42 Å². The van der Waals surface area contributed by atoms with Gasteiger partial charge in [-0.05, 0) is 6.42 Å². The van der Waals surface area contributed by atoms with Crippen LogP contribution in [0.25, 0.3) is 0 Å². The second kappa shape index (κ2) is 9.03. The van der Waals surface area contributed by atoms with E-state index in [0.29, 0.717) is 6.42 Å². The maximum atomic E-state index is 10.9. The first-order chi connectivity index (χ1) is 6.07. The minimum absolute atomic E-state index is 0.116. The molecular formula is C9H19NO3. The van der Waals surface area contributed by atoms with Gasteiger partial charge in [0.2, 0.25) is 5.91 Å². The summed E-state index contributed by atoms with van der Waals surface area (Å²) in [6.45, 7) is 5.67. The van der Waals surface area contributed by atoms with Crippen molar-refractivity contribution in [3.05, 3.63) is 0 Å². The lowest BCUT2D eigenvalue weighted by molar-refractivity contribution is -0.143. The zero-order valence-electron chi connectivity index (χ0n) is 8.83. The Morgan fingerprint density at radius 3 is 2.08 bits per heavy atom. The molecule has 0 bridgehead atoms. The standard InChI is InChI=1S/C7H13NO3.C2H6/c1-3-4-6(9)8(2)5-7(10)11;1-2/h3-5H2,1-2H3,(H,10,11);1-2H3. The van der Waals surface area contributed by atoms with E-state index in [1.807, 2.05) is 20.8 Å². The third-order valence-corrected chi connectivity index (χ3v) is 1.26. The molecule has 0 spiro atoms. The van der Waals surface area contributed by atoms with Gasteiger partial charge in [0.05, 0.1) is 0 Å². The van der Waals surface area contributed by atoms with Crippen LogP contribution in [0.1, 0.15) is 33.6 Å². The van der Waals surface area contributed by atoms with Crippen LogP contribution in [0.5, 0.6) is 0 Å². The summed E-state index contributed by atoms with van der Waals surface area (Å²) in [5.41, 5.74) is 0. The number of carboxylic acid groups (broad SMARTS) is 1. The van der Waals surface area contributed by atoms with Crippen molar-refractivity contribution in [2.24, 2.45) is 0 Å². The van der Waals surface area contributed by atoms with Crippen LogP contribution in [0.4, 0.5) is 0 Å². The molecular weight excluding hydrogens is 170 g/mol. The van der Waals surface area contributed by atoms with Crippen molar-refractivity contribution < 1.29 is 14.7 Å². The quantitative estimate of drug-likeness (QED) is 0.726. The summed E-state index contributed by atoms with van der Waals surface area (Å²) in [7, 11) is 1.49. The third-order valence-electron chi connectivity index (χ3n) is 1.26. The summed E-state index contributed by atoms with van der Waals surface area (Å²) in [6.07, 6.45) is 1.17. The molecule has 0 rings (SSSR count). The van der Waals surface area contributed by atoms with Gasteiger partial charge in [0, 0.05) is 13.5 Å². The van der Waals surface area contributed by atoms with Gasteiger partial charge in [-0.2, -0.15) is 0 Å². The molecule has 13 heavy (non-hydrogen) atoms. The number of nitrogens with zero attached hydrogens (tertiary/aromatic N) is 1. The van der Waals surface area contributed by atoms with Crippen LogP contribution in [0.2, 0.25) is 0 Å². The number of likely N-dealkylation sites (N-methyl/N-ethyl adjacent to an activating group) is 1. The van der Waals surface area contributed by atoms with Gasteiger partial charge >= 0.3 is 5.97 Å². The Morgan fingerprint density at radius 1 is 1.31 bits per heavy atom. The van der Waals surface area contributed by atoms with Crippen molar-refractivity contribution in [1.29, 1.82) is 0 Å². The summed E-state index contributed by atoms with van der Waals surface area (Å²) < 4.78 is 0. The van der Waals surface area contributed by atoms with Crippen molar-refractivity contribution in [1.82, 2.24) is 4.90 Å². The highest BCUT2D eigenvalue weighted by atomic mass is 16.4. The van der Waals surface area contributed by atoms with Gasteiger partial charge in [0.15, 0.2) is 0 Å². The summed E-state index contributed by atoms with van der Waals surface area (Å²) in [4.78, 5) is 22.3. The largest absolute Gasteiger partial charge is 0.480 e. The molecule has 0 atom stereocenters. The molecule has 0 aromatic carbocycles. The predicted octanol–water partition coefficient (Wildman–Crippen LogP) is 1.36. The molecule has 4 nitrogen and oxygen atoms in total. The molecule has 0 radical (unpaired) electrons. The van der Waals surface area contributed by atoms with Crippen molar-refractivity contribution in [3.63, 3.8) is 0 Å². The van der Waals surface area contributed by atoms with Crippen molar-refractivity contribution >= 4 is 11.9 Å². The highest BCUT2D eigenvalue weighted by Crippen LogP contribution is 1.93. The van der Waals surface area contributed by atoms with Crippen LogP contribution >= 0.6 is 0 Å². The highest BCUT2D eigenvalue weighted by Gasteiger charge is 2.09. The molecule has 0 aliphatic heterocycles.